The van der Waals surface area contributed by atoms with Gasteiger partial charge in [-0.3, -0.25) is 9.58 Å². The van der Waals surface area contributed by atoms with Crippen molar-refractivity contribution in [1.29, 1.82) is 0 Å². The highest BCUT2D eigenvalue weighted by atomic mass is 16.6. The number of fused-ring (bicyclic) bond motifs is 2. The van der Waals surface area contributed by atoms with E-state index in [2.05, 4.69) is 11.2 Å². The van der Waals surface area contributed by atoms with Gasteiger partial charge in [-0.15, -0.1) is 0 Å². The molecule has 2 bridgehead atoms. The SMILES string of the molecule is Cc1nn(C)cc1C1=CC2COCC(C1)N2C(=O)OCc1ccccc1. The number of carbonyl (C=O) groups is 1. The van der Waals surface area contributed by atoms with Gasteiger partial charge in [-0.25, -0.2) is 4.79 Å². The van der Waals surface area contributed by atoms with Gasteiger partial charge in [0.25, 0.3) is 0 Å². The van der Waals surface area contributed by atoms with E-state index in [0.717, 1.165) is 23.2 Å². The number of amides is 1. The van der Waals surface area contributed by atoms with E-state index in [4.69, 9.17) is 9.47 Å². The second-order valence-electron chi connectivity index (χ2n) is 6.90. The van der Waals surface area contributed by atoms with Crippen LogP contribution in [0.5, 0.6) is 0 Å². The van der Waals surface area contributed by atoms with Crippen LogP contribution in [0.2, 0.25) is 0 Å². The summed E-state index contributed by atoms with van der Waals surface area (Å²) >= 11 is 0. The lowest BCUT2D eigenvalue weighted by Gasteiger charge is -2.43. The van der Waals surface area contributed by atoms with E-state index >= 15 is 0 Å². The normalized spacial score (nSPS) is 22.1. The molecule has 6 nitrogen and oxygen atoms in total. The van der Waals surface area contributed by atoms with Crippen LogP contribution < -0.4 is 0 Å². The van der Waals surface area contributed by atoms with Crippen LogP contribution in [0, 0.1) is 6.92 Å². The minimum atomic E-state index is -0.273. The minimum absolute atomic E-state index is 0.00312. The first-order valence-corrected chi connectivity index (χ1v) is 8.90. The lowest BCUT2D eigenvalue weighted by atomic mass is 9.90. The first-order chi connectivity index (χ1) is 12.6. The summed E-state index contributed by atoms with van der Waals surface area (Å²) in [4.78, 5) is 14.5. The number of aromatic nitrogens is 2. The summed E-state index contributed by atoms with van der Waals surface area (Å²) in [6, 6.07) is 9.64. The van der Waals surface area contributed by atoms with Gasteiger partial charge in [-0.2, -0.15) is 5.10 Å². The van der Waals surface area contributed by atoms with Crippen molar-refractivity contribution >= 4 is 11.7 Å². The lowest BCUT2D eigenvalue weighted by Crippen LogP contribution is -2.56. The summed E-state index contributed by atoms with van der Waals surface area (Å²) in [6.07, 6.45) is 4.65. The Morgan fingerprint density at radius 2 is 2.12 bits per heavy atom. The van der Waals surface area contributed by atoms with Crippen molar-refractivity contribution in [3.05, 3.63) is 59.4 Å². The van der Waals surface area contributed by atoms with Gasteiger partial charge in [-0.05, 0) is 24.5 Å². The van der Waals surface area contributed by atoms with E-state index in [0.29, 0.717) is 13.2 Å². The summed E-state index contributed by atoms with van der Waals surface area (Å²) in [5.74, 6) is 0. The molecule has 0 aliphatic carbocycles. The van der Waals surface area contributed by atoms with Gasteiger partial charge < -0.3 is 9.47 Å². The molecule has 2 aliphatic rings. The number of hydrogen-bond acceptors (Lipinski definition) is 4. The number of hydrogen-bond donors (Lipinski definition) is 0. The molecule has 2 aliphatic heterocycles. The smallest absolute Gasteiger partial charge is 0.411 e. The third-order valence-electron chi connectivity index (χ3n) is 4.97. The standard InChI is InChI=1S/C20H23N3O3/c1-14-19(10-22(2)21-14)16-8-17-12-25-13-18(9-16)23(17)20(24)26-11-15-6-4-3-5-7-15/h3-8,10,17-18H,9,11-13H2,1-2H3. The molecule has 4 rings (SSSR count). The van der Waals surface area contributed by atoms with Gasteiger partial charge in [0, 0.05) is 18.8 Å². The molecule has 3 heterocycles. The van der Waals surface area contributed by atoms with Crippen LogP contribution in [0.1, 0.15) is 23.2 Å². The van der Waals surface area contributed by atoms with Gasteiger partial charge in [0.05, 0.1) is 31.0 Å². The Kier molecular flexibility index (Phi) is 4.51. The first-order valence-electron chi connectivity index (χ1n) is 8.90. The fourth-order valence-corrected chi connectivity index (χ4v) is 3.79. The maximum absolute atomic E-state index is 12.7. The second-order valence-corrected chi connectivity index (χ2v) is 6.90. The van der Waals surface area contributed by atoms with Gasteiger partial charge in [0.15, 0.2) is 0 Å². The molecule has 136 valence electrons. The molecule has 26 heavy (non-hydrogen) atoms. The van der Waals surface area contributed by atoms with Crippen LogP contribution in [0.25, 0.3) is 5.57 Å². The van der Waals surface area contributed by atoms with Crippen molar-refractivity contribution in [2.24, 2.45) is 7.05 Å². The summed E-state index contributed by atoms with van der Waals surface area (Å²) in [7, 11) is 1.93. The highest BCUT2D eigenvalue weighted by molar-refractivity contribution is 5.75. The Morgan fingerprint density at radius 3 is 2.81 bits per heavy atom. The predicted octanol–water partition coefficient (Wildman–Crippen LogP) is 2.92. The van der Waals surface area contributed by atoms with Crippen molar-refractivity contribution in [3.63, 3.8) is 0 Å². The Balaban J connectivity index is 1.51. The fraction of sp³-hybridized carbons (Fsp3) is 0.400. The Morgan fingerprint density at radius 1 is 1.31 bits per heavy atom. The molecule has 6 heteroatoms. The molecule has 1 amide bonds. The van der Waals surface area contributed by atoms with Crippen molar-refractivity contribution in [1.82, 2.24) is 14.7 Å². The minimum Gasteiger partial charge on any atom is -0.445 e. The zero-order valence-electron chi connectivity index (χ0n) is 15.1. The number of morpholine rings is 1. The van der Waals surface area contributed by atoms with E-state index in [1.165, 1.54) is 5.57 Å². The molecule has 2 aromatic rings. The monoisotopic (exact) mass is 353 g/mol. The third-order valence-corrected chi connectivity index (χ3v) is 4.97. The number of carbonyl (C=O) groups excluding carboxylic acids is 1. The molecule has 2 unspecified atom stereocenters. The van der Waals surface area contributed by atoms with E-state index < -0.39 is 0 Å². The number of ether oxygens (including phenoxy) is 2. The van der Waals surface area contributed by atoms with Gasteiger partial charge >= 0.3 is 6.09 Å². The third kappa shape index (κ3) is 3.24. The zero-order valence-corrected chi connectivity index (χ0v) is 15.1. The molecule has 0 saturated carbocycles. The van der Waals surface area contributed by atoms with E-state index in [1.807, 2.05) is 60.1 Å². The quantitative estimate of drug-likeness (QED) is 0.851. The molecular weight excluding hydrogens is 330 g/mol. The molecule has 2 atom stereocenters. The summed E-state index contributed by atoms with van der Waals surface area (Å²) < 4.78 is 13.1. The maximum Gasteiger partial charge on any atom is 0.411 e. The summed E-state index contributed by atoms with van der Waals surface area (Å²) in [5, 5.41) is 4.44. The van der Waals surface area contributed by atoms with Crippen molar-refractivity contribution in [2.45, 2.75) is 32.0 Å². The highest BCUT2D eigenvalue weighted by Crippen LogP contribution is 2.34. The molecule has 1 saturated heterocycles. The number of aryl methyl sites for hydroxylation is 2. The zero-order chi connectivity index (χ0) is 18.1. The highest BCUT2D eigenvalue weighted by Gasteiger charge is 2.39. The van der Waals surface area contributed by atoms with Gasteiger partial charge in [-0.1, -0.05) is 36.4 Å². The molecule has 0 spiro atoms. The second kappa shape index (κ2) is 6.96. The maximum atomic E-state index is 12.7. The fourth-order valence-electron chi connectivity index (χ4n) is 3.79. The molecule has 0 N–H and O–H groups in total. The topological polar surface area (TPSA) is 56.6 Å². The summed E-state index contributed by atoms with van der Waals surface area (Å²) in [5.41, 5.74) is 4.39. The van der Waals surface area contributed by atoms with E-state index in [-0.39, 0.29) is 24.8 Å². The first kappa shape index (κ1) is 16.8. The Bertz CT molecular complexity index is 828. The molecule has 0 radical (unpaired) electrons. The van der Waals surface area contributed by atoms with Crippen LogP contribution in [0.4, 0.5) is 4.79 Å². The molecule has 1 aromatic heterocycles. The largest absolute Gasteiger partial charge is 0.445 e. The number of nitrogens with zero attached hydrogens (tertiary/aromatic N) is 3. The van der Waals surface area contributed by atoms with Gasteiger partial charge in [0.1, 0.15) is 6.61 Å². The van der Waals surface area contributed by atoms with Crippen molar-refractivity contribution in [2.75, 3.05) is 13.2 Å². The van der Waals surface area contributed by atoms with Crippen LogP contribution in [0.3, 0.4) is 0 Å². The van der Waals surface area contributed by atoms with E-state index in [9.17, 15) is 4.79 Å². The Hall–Kier alpha value is -2.60. The van der Waals surface area contributed by atoms with Gasteiger partial charge in [0.2, 0.25) is 0 Å². The van der Waals surface area contributed by atoms with Crippen LogP contribution >= 0.6 is 0 Å². The number of rotatable bonds is 3. The Labute approximate surface area is 153 Å². The average molecular weight is 353 g/mol. The average Bonchev–Trinajstić information content (AvgIpc) is 2.97. The lowest BCUT2D eigenvalue weighted by molar-refractivity contribution is -0.0342. The van der Waals surface area contributed by atoms with E-state index in [1.54, 1.807) is 0 Å². The van der Waals surface area contributed by atoms with Crippen LogP contribution in [-0.2, 0) is 23.1 Å². The molecule has 1 aromatic carbocycles. The van der Waals surface area contributed by atoms with Crippen molar-refractivity contribution < 1.29 is 14.3 Å². The molecular formula is C20H23N3O3. The van der Waals surface area contributed by atoms with Crippen LogP contribution in [0.15, 0.2) is 42.6 Å². The van der Waals surface area contributed by atoms with Crippen LogP contribution in [-0.4, -0.2) is 46.1 Å². The number of benzene rings is 1. The predicted molar refractivity (Wildman–Crippen MR) is 97.4 cm³/mol. The molecule has 1 fully saturated rings. The summed E-state index contributed by atoms with van der Waals surface area (Å²) in [6.45, 7) is 3.34. The van der Waals surface area contributed by atoms with Crippen molar-refractivity contribution in [3.8, 4) is 0 Å².